The van der Waals surface area contributed by atoms with Crippen LogP contribution >= 0.6 is 15.9 Å². The highest BCUT2D eigenvalue weighted by Gasteiger charge is 2.04. The Labute approximate surface area is 99.4 Å². The number of hydrogen-bond donors (Lipinski definition) is 3. The van der Waals surface area contributed by atoms with Crippen LogP contribution in [0.4, 0.5) is 10.1 Å². The highest BCUT2D eigenvalue weighted by molar-refractivity contribution is 9.10. The molecule has 0 saturated carbocycles. The molecule has 0 amide bonds. The van der Waals surface area contributed by atoms with Crippen molar-refractivity contribution in [3.8, 4) is 6.07 Å². The molecule has 0 aliphatic carbocycles. The second-order valence-corrected chi connectivity index (χ2v) is 3.64. The molecule has 0 aliphatic rings. The van der Waals surface area contributed by atoms with Gasteiger partial charge in [-0.2, -0.15) is 10.4 Å². The molecular weight excluding hydrogens is 277 g/mol. The normalized spacial score (nSPS) is 10.7. The van der Waals surface area contributed by atoms with E-state index in [0.717, 1.165) is 0 Å². The largest absolute Gasteiger partial charge is 0.382 e. The van der Waals surface area contributed by atoms with Crippen LogP contribution in [0.1, 0.15) is 0 Å². The van der Waals surface area contributed by atoms with Crippen molar-refractivity contribution >= 4 is 33.2 Å². The SMILES string of the molecule is N#C/C(=N\Nc1ccc(Br)cc1F)C(=N)N. The standard InChI is InChI=1S/C9H7BrFN5/c10-5-1-2-7(6(11)3-5)15-16-8(4-12)9(13)14/h1-3,15H,(H3,13,14)/b16-8+. The first-order chi connectivity index (χ1) is 7.54. The van der Waals surface area contributed by atoms with Crippen molar-refractivity contribution in [2.45, 2.75) is 0 Å². The Hall–Kier alpha value is -1.94. The van der Waals surface area contributed by atoms with Crippen LogP contribution in [0.2, 0.25) is 0 Å². The maximum Gasteiger partial charge on any atom is 0.201 e. The Morgan fingerprint density at radius 2 is 2.31 bits per heavy atom. The van der Waals surface area contributed by atoms with Crippen LogP contribution in [0, 0.1) is 22.6 Å². The number of anilines is 1. The molecule has 0 radical (unpaired) electrons. The minimum Gasteiger partial charge on any atom is -0.382 e. The Bertz CT molecular complexity index is 491. The number of hydrazone groups is 1. The molecule has 82 valence electrons. The van der Waals surface area contributed by atoms with E-state index < -0.39 is 11.7 Å². The first kappa shape index (κ1) is 12.1. The first-order valence-electron chi connectivity index (χ1n) is 4.08. The van der Waals surface area contributed by atoms with Gasteiger partial charge in [0, 0.05) is 4.47 Å². The second-order valence-electron chi connectivity index (χ2n) is 2.72. The van der Waals surface area contributed by atoms with E-state index >= 15 is 0 Å². The van der Waals surface area contributed by atoms with Gasteiger partial charge in [0.2, 0.25) is 5.71 Å². The number of nitrogens with zero attached hydrogens (tertiary/aromatic N) is 2. The third-order valence-electron chi connectivity index (χ3n) is 1.58. The molecule has 0 spiro atoms. The van der Waals surface area contributed by atoms with E-state index in [4.69, 9.17) is 16.4 Å². The summed E-state index contributed by atoms with van der Waals surface area (Å²) in [6.07, 6.45) is 0. The van der Waals surface area contributed by atoms with Gasteiger partial charge in [0.15, 0.2) is 5.84 Å². The fourth-order valence-corrected chi connectivity index (χ4v) is 1.17. The molecule has 7 heteroatoms. The predicted octanol–water partition coefficient (Wildman–Crippen LogP) is 1.82. The van der Waals surface area contributed by atoms with E-state index in [1.807, 2.05) is 0 Å². The molecule has 0 bridgehead atoms. The predicted molar refractivity (Wildman–Crippen MR) is 62.7 cm³/mol. The van der Waals surface area contributed by atoms with E-state index in [-0.39, 0.29) is 11.4 Å². The number of nitriles is 1. The van der Waals surface area contributed by atoms with Crippen LogP contribution in [-0.4, -0.2) is 11.5 Å². The zero-order valence-electron chi connectivity index (χ0n) is 7.96. The summed E-state index contributed by atoms with van der Waals surface area (Å²) in [7, 11) is 0. The number of amidine groups is 1. The summed E-state index contributed by atoms with van der Waals surface area (Å²) in [4.78, 5) is 0. The lowest BCUT2D eigenvalue weighted by Crippen LogP contribution is -2.21. The topological polar surface area (TPSA) is 98.0 Å². The maximum atomic E-state index is 13.3. The van der Waals surface area contributed by atoms with Gasteiger partial charge in [0.25, 0.3) is 0 Å². The van der Waals surface area contributed by atoms with E-state index in [9.17, 15) is 4.39 Å². The number of rotatable bonds is 3. The van der Waals surface area contributed by atoms with E-state index in [1.165, 1.54) is 12.1 Å². The van der Waals surface area contributed by atoms with Gasteiger partial charge >= 0.3 is 0 Å². The minimum atomic E-state index is -0.529. The molecule has 0 unspecified atom stereocenters. The molecule has 1 rings (SSSR count). The van der Waals surface area contributed by atoms with Gasteiger partial charge < -0.3 is 5.73 Å². The van der Waals surface area contributed by atoms with Crippen LogP contribution in [0.5, 0.6) is 0 Å². The molecule has 16 heavy (non-hydrogen) atoms. The quantitative estimate of drug-likeness (QED) is 0.448. The fraction of sp³-hybridized carbons (Fsp3) is 0. The summed E-state index contributed by atoms with van der Waals surface area (Å²) in [6.45, 7) is 0. The van der Waals surface area contributed by atoms with E-state index in [2.05, 4.69) is 26.5 Å². The van der Waals surface area contributed by atoms with Crippen molar-refractivity contribution in [1.29, 1.82) is 10.7 Å². The molecule has 0 aromatic heterocycles. The Morgan fingerprint density at radius 1 is 1.62 bits per heavy atom. The van der Waals surface area contributed by atoms with Gasteiger partial charge in [-0.15, -0.1) is 0 Å². The minimum absolute atomic E-state index is 0.0946. The average molecular weight is 284 g/mol. The summed E-state index contributed by atoms with van der Waals surface area (Å²) in [5.74, 6) is -1.01. The van der Waals surface area contributed by atoms with Crippen molar-refractivity contribution in [1.82, 2.24) is 0 Å². The second kappa shape index (κ2) is 5.23. The summed E-state index contributed by atoms with van der Waals surface area (Å²) in [5.41, 5.74) is 7.17. The monoisotopic (exact) mass is 283 g/mol. The third kappa shape index (κ3) is 3.03. The van der Waals surface area contributed by atoms with Crippen LogP contribution < -0.4 is 11.2 Å². The van der Waals surface area contributed by atoms with Gasteiger partial charge in [-0.25, -0.2) is 4.39 Å². The molecule has 4 N–H and O–H groups in total. The Morgan fingerprint density at radius 3 is 2.81 bits per heavy atom. The number of hydrogen-bond acceptors (Lipinski definition) is 4. The first-order valence-corrected chi connectivity index (χ1v) is 4.87. The van der Waals surface area contributed by atoms with Crippen LogP contribution in [-0.2, 0) is 0 Å². The van der Waals surface area contributed by atoms with Crippen LogP contribution in [0.3, 0.4) is 0 Å². The Balaban J connectivity index is 2.90. The number of nitrogens with one attached hydrogen (secondary N) is 2. The molecule has 0 atom stereocenters. The highest BCUT2D eigenvalue weighted by atomic mass is 79.9. The van der Waals surface area contributed by atoms with E-state index in [0.29, 0.717) is 4.47 Å². The average Bonchev–Trinajstić information content (AvgIpc) is 2.21. The smallest absolute Gasteiger partial charge is 0.201 e. The van der Waals surface area contributed by atoms with Crippen molar-refractivity contribution in [2.75, 3.05) is 5.43 Å². The molecule has 0 aliphatic heterocycles. The molecule has 1 aromatic carbocycles. The lowest BCUT2D eigenvalue weighted by Gasteiger charge is -2.02. The number of nitrogens with two attached hydrogens (primary N) is 1. The van der Waals surface area contributed by atoms with Crippen molar-refractivity contribution in [2.24, 2.45) is 10.8 Å². The summed E-state index contributed by atoms with van der Waals surface area (Å²) in [5, 5.41) is 19.0. The summed E-state index contributed by atoms with van der Waals surface area (Å²) >= 11 is 3.10. The lowest BCUT2D eigenvalue weighted by molar-refractivity contribution is 0.630. The molecule has 0 saturated heterocycles. The molecule has 5 nitrogen and oxygen atoms in total. The van der Waals surface area contributed by atoms with Crippen LogP contribution in [0.25, 0.3) is 0 Å². The number of halogens is 2. The maximum absolute atomic E-state index is 13.3. The summed E-state index contributed by atoms with van der Waals surface area (Å²) in [6, 6.07) is 5.91. The van der Waals surface area contributed by atoms with Crippen molar-refractivity contribution < 1.29 is 4.39 Å². The highest BCUT2D eigenvalue weighted by Crippen LogP contribution is 2.19. The van der Waals surface area contributed by atoms with E-state index in [1.54, 1.807) is 12.1 Å². The van der Waals surface area contributed by atoms with Gasteiger partial charge in [0.05, 0.1) is 5.69 Å². The lowest BCUT2D eigenvalue weighted by atomic mass is 10.3. The number of benzene rings is 1. The van der Waals surface area contributed by atoms with Crippen molar-refractivity contribution in [3.63, 3.8) is 0 Å². The Kier molecular flexibility index (Phi) is 3.96. The van der Waals surface area contributed by atoms with Gasteiger partial charge in [-0.05, 0) is 18.2 Å². The van der Waals surface area contributed by atoms with Crippen molar-refractivity contribution in [3.05, 3.63) is 28.5 Å². The zero-order valence-corrected chi connectivity index (χ0v) is 9.55. The van der Waals surface area contributed by atoms with Crippen LogP contribution in [0.15, 0.2) is 27.8 Å². The molecule has 1 aromatic rings. The molecule has 0 fully saturated rings. The fourth-order valence-electron chi connectivity index (χ4n) is 0.842. The third-order valence-corrected chi connectivity index (χ3v) is 2.07. The molecule has 0 heterocycles. The van der Waals surface area contributed by atoms with Gasteiger partial charge in [0.1, 0.15) is 11.9 Å². The van der Waals surface area contributed by atoms with Gasteiger partial charge in [-0.1, -0.05) is 15.9 Å². The zero-order chi connectivity index (χ0) is 12.1. The molecular formula is C9H7BrFN5. The van der Waals surface area contributed by atoms with Gasteiger partial charge in [-0.3, -0.25) is 10.8 Å². The summed E-state index contributed by atoms with van der Waals surface area (Å²) < 4.78 is 13.9.